The zero-order valence-electron chi connectivity index (χ0n) is 13.1. The van der Waals surface area contributed by atoms with E-state index in [4.69, 9.17) is 4.42 Å². The van der Waals surface area contributed by atoms with Crippen molar-refractivity contribution in [2.75, 3.05) is 0 Å². The van der Waals surface area contributed by atoms with Crippen molar-refractivity contribution in [3.8, 4) is 0 Å². The maximum atomic E-state index is 13.3. The monoisotopic (exact) mass is 320 g/mol. The van der Waals surface area contributed by atoms with Gasteiger partial charge in [0.2, 0.25) is 5.92 Å². The molecule has 3 nitrogen and oxygen atoms in total. The number of fused-ring (bicyclic) bond motifs is 1. The molecule has 0 atom stereocenters. The van der Waals surface area contributed by atoms with Crippen molar-refractivity contribution in [3.05, 3.63) is 45.3 Å². The van der Waals surface area contributed by atoms with Crippen molar-refractivity contribution in [1.29, 1.82) is 0 Å². The number of Topliss-reactive ketones (excluding diaryl/α,β-unsaturated/α-hetero) is 1. The van der Waals surface area contributed by atoms with Crippen molar-refractivity contribution in [1.82, 2.24) is 0 Å². The fourth-order valence-corrected chi connectivity index (χ4v) is 3.21. The Morgan fingerprint density at radius 2 is 1.87 bits per heavy atom. The molecular formula is C18H18F2O3. The van der Waals surface area contributed by atoms with E-state index in [2.05, 4.69) is 0 Å². The molecule has 0 aliphatic heterocycles. The van der Waals surface area contributed by atoms with Gasteiger partial charge in [-0.25, -0.2) is 8.78 Å². The molecule has 0 bridgehead atoms. The summed E-state index contributed by atoms with van der Waals surface area (Å²) in [7, 11) is 0. The van der Waals surface area contributed by atoms with Crippen molar-refractivity contribution in [3.63, 3.8) is 0 Å². The molecule has 122 valence electrons. The van der Waals surface area contributed by atoms with Gasteiger partial charge in [0.25, 0.3) is 0 Å². The van der Waals surface area contributed by atoms with Crippen LogP contribution in [0.1, 0.15) is 60.2 Å². The number of hydrogen-bond donors (Lipinski definition) is 0. The van der Waals surface area contributed by atoms with E-state index in [1.54, 1.807) is 12.1 Å². The molecule has 0 amide bonds. The van der Waals surface area contributed by atoms with Crippen LogP contribution < -0.4 is 5.43 Å². The van der Waals surface area contributed by atoms with E-state index in [0.717, 1.165) is 5.56 Å². The average Bonchev–Trinajstić information content (AvgIpc) is 2.47. The highest BCUT2D eigenvalue weighted by Gasteiger charge is 2.36. The van der Waals surface area contributed by atoms with Crippen LogP contribution >= 0.6 is 0 Å². The van der Waals surface area contributed by atoms with Gasteiger partial charge in [-0.2, -0.15) is 0 Å². The predicted molar refractivity (Wildman–Crippen MR) is 83.4 cm³/mol. The van der Waals surface area contributed by atoms with Crippen LogP contribution in [0.25, 0.3) is 11.0 Å². The summed E-state index contributed by atoms with van der Waals surface area (Å²) in [5, 5.41) is 0.361. The SMILES string of the molecule is CC(=O)c1cc(C)cc2c(=O)cc(C3CCC(F)(F)CC3)oc12. The van der Waals surface area contributed by atoms with E-state index >= 15 is 0 Å². The minimum atomic E-state index is -2.63. The van der Waals surface area contributed by atoms with Gasteiger partial charge in [-0.3, -0.25) is 9.59 Å². The number of aryl methyl sites for hydroxylation is 1. The molecule has 1 aliphatic carbocycles. The van der Waals surface area contributed by atoms with Gasteiger partial charge in [-0.1, -0.05) is 0 Å². The van der Waals surface area contributed by atoms with Gasteiger partial charge in [0.15, 0.2) is 11.2 Å². The lowest BCUT2D eigenvalue weighted by atomic mass is 9.85. The van der Waals surface area contributed by atoms with Crippen LogP contribution in [0, 0.1) is 6.92 Å². The van der Waals surface area contributed by atoms with E-state index in [1.807, 2.05) is 6.92 Å². The van der Waals surface area contributed by atoms with Crippen LogP contribution in [-0.4, -0.2) is 11.7 Å². The van der Waals surface area contributed by atoms with Crippen molar-refractivity contribution in [2.45, 2.75) is 51.4 Å². The van der Waals surface area contributed by atoms with Crippen LogP contribution in [-0.2, 0) is 0 Å². The third-order valence-electron chi connectivity index (χ3n) is 4.49. The summed E-state index contributed by atoms with van der Waals surface area (Å²) in [6, 6.07) is 4.76. The summed E-state index contributed by atoms with van der Waals surface area (Å²) in [6.45, 7) is 3.23. The largest absolute Gasteiger partial charge is 0.460 e. The third kappa shape index (κ3) is 3.05. The second-order valence-corrected chi connectivity index (χ2v) is 6.39. The summed E-state index contributed by atoms with van der Waals surface area (Å²) < 4.78 is 32.4. The Bertz CT molecular complexity index is 826. The summed E-state index contributed by atoms with van der Waals surface area (Å²) in [5.74, 6) is -2.61. The first kappa shape index (κ1) is 15.8. The summed E-state index contributed by atoms with van der Waals surface area (Å²) in [5.41, 5.74) is 1.20. The first-order valence-electron chi connectivity index (χ1n) is 7.74. The van der Waals surface area contributed by atoms with E-state index in [1.165, 1.54) is 13.0 Å². The van der Waals surface area contributed by atoms with Crippen LogP contribution in [0.5, 0.6) is 0 Å². The standard InChI is InChI=1S/C18H18F2O3/c1-10-7-13(11(2)21)17-14(8-10)15(22)9-16(23-17)12-3-5-18(19,20)6-4-12/h7-9,12H,3-6H2,1-2H3. The Hall–Kier alpha value is -2.04. The zero-order valence-corrected chi connectivity index (χ0v) is 13.1. The number of halogens is 2. The second kappa shape index (κ2) is 5.55. The predicted octanol–water partition coefficient (Wildman–Crippen LogP) is 4.60. The molecule has 2 aromatic rings. The van der Waals surface area contributed by atoms with E-state index in [0.29, 0.717) is 16.7 Å². The lowest BCUT2D eigenvalue weighted by Gasteiger charge is -2.27. The van der Waals surface area contributed by atoms with Gasteiger partial charge in [0, 0.05) is 24.8 Å². The van der Waals surface area contributed by atoms with Gasteiger partial charge in [0.1, 0.15) is 11.3 Å². The van der Waals surface area contributed by atoms with Gasteiger partial charge in [-0.05, 0) is 44.4 Å². The quantitative estimate of drug-likeness (QED) is 0.760. The second-order valence-electron chi connectivity index (χ2n) is 6.39. The minimum Gasteiger partial charge on any atom is -0.460 e. The van der Waals surface area contributed by atoms with Crippen molar-refractivity contribution in [2.24, 2.45) is 0 Å². The molecule has 3 rings (SSSR count). The Morgan fingerprint density at radius 1 is 1.22 bits per heavy atom. The molecule has 0 saturated heterocycles. The molecule has 0 N–H and O–H groups in total. The Morgan fingerprint density at radius 3 is 2.48 bits per heavy atom. The molecule has 0 unspecified atom stereocenters. The number of alkyl halides is 2. The molecule has 5 heteroatoms. The molecule has 1 aliphatic rings. The van der Waals surface area contributed by atoms with Gasteiger partial charge in [-0.15, -0.1) is 0 Å². The van der Waals surface area contributed by atoms with Gasteiger partial charge < -0.3 is 4.42 Å². The first-order valence-corrected chi connectivity index (χ1v) is 7.74. The van der Waals surface area contributed by atoms with Crippen LogP contribution in [0.2, 0.25) is 0 Å². The molecule has 0 spiro atoms. The third-order valence-corrected chi connectivity index (χ3v) is 4.49. The molecule has 1 fully saturated rings. The maximum absolute atomic E-state index is 13.3. The maximum Gasteiger partial charge on any atom is 0.248 e. The number of benzene rings is 1. The van der Waals surface area contributed by atoms with Gasteiger partial charge >= 0.3 is 0 Å². The fraction of sp³-hybridized carbons (Fsp3) is 0.444. The average molecular weight is 320 g/mol. The van der Waals surface area contributed by atoms with E-state index in [-0.39, 0.29) is 48.4 Å². The summed E-state index contributed by atoms with van der Waals surface area (Å²) >= 11 is 0. The zero-order chi connectivity index (χ0) is 16.8. The normalized spacial score (nSPS) is 18.3. The first-order chi connectivity index (χ1) is 10.8. The summed E-state index contributed by atoms with van der Waals surface area (Å²) in [6.07, 6.45) is 0.158. The highest BCUT2D eigenvalue weighted by molar-refractivity contribution is 6.04. The van der Waals surface area contributed by atoms with E-state index < -0.39 is 5.92 Å². The number of rotatable bonds is 2. The topological polar surface area (TPSA) is 47.3 Å². The molecular weight excluding hydrogens is 302 g/mol. The summed E-state index contributed by atoms with van der Waals surface area (Å²) in [4.78, 5) is 24.2. The fourth-order valence-electron chi connectivity index (χ4n) is 3.21. The van der Waals surface area contributed by atoms with Crippen LogP contribution in [0.3, 0.4) is 0 Å². The highest BCUT2D eigenvalue weighted by atomic mass is 19.3. The number of ketones is 1. The van der Waals surface area contributed by atoms with E-state index in [9.17, 15) is 18.4 Å². The number of hydrogen-bond acceptors (Lipinski definition) is 3. The molecule has 0 radical (unpaired) electrons. The Labute approximate surface area is 132 Å². The smallest absolute Gasteiger partial charge is 0.248 e. The minimum absolute atomic E-state index is 0.186. The lowest BCUT2D eigenvalue weighted by Crippen LogP contribution is -2.24. The van der Waals surface area contributed by atoms with Crippen molar-refractivity contribution < 1.29 is 18.0 Å². The highest BCUT2D eigenvalue weighted by Crippen LogP contribution is 2.41. The lowest BCUT2D eigenvalue weighted by molar-refractivity contribution is -0.0395. The number of carbonyl (C=O) groups excluding carboxylic acids is 1. The Balaban J connectivity index is 2.11. The molecule has 23 heavy (non-hydrogen) atoms. The molecule has 1 saturated carbocycles. The van der Waals surface area contributed by atoms with Gasteiger partial charge in [0.05, 0.1) is 10.9 Å². The molecule has 1 aromatic heterocycles. The number of carbonyl (C=O) groups is 1. The Kier molecular flexibility index (Phi) is 3.82. The van der Waals surface area contributed by atoms with Crippen LogP contribution in [0.15, 0.2) is 27.4 Å². The molecule has 1 heterocycles. The van der Waals surface area contributed by atoms with Crippen molar-refractivity contribution >= 4 is 16.8 Å². The molecule has 1 aromatic carbocycles. The van der Waals surface area contributed by atoms with Crippen LogP contribution in [0.4, 0.5) is 8.78 Å².